The molecular weight excluding hydrogens is 413 g/mol. The average Bonchev–Trinajstić information content (AvgIpc) is 3.36. The number of benzene rings is 1. The molecule has 1 aromatic carbocycles. The Hall–Kier alpha value is -3.61. The van der Waals surface area contributed by atoms with Gasteiger partial charge in [-0.15, -0.1) is 20.4 Å². The lowest BCUT2D eigenvalue weighted by Gasteiger charge is -2.07. The van der Waals surface area contributed by atoms with Crippen molar-refractivity contribution in [1.29, 1.82) is 0 Å². The van der Waals surface area contributed by atoms with E-state index in [1.165, 1.54) is 33.1 Å². The number of hydrogen-bond acceptors (Lipinski definition) is 9. The zero-order valence-electron chi connectivity index (χ0n) is 15.8. The first kappa shape index (κ1) is 19.7. The minimum absolute atomic E-state index is 0.160. The van der Waals surface area contributed by atoms with Crippen molar-refractivity contribution in [1.82, 2.24) is 45.3 Å². The molecule has 4 aromatic rings. The van der Waals surface area contributed by atoms with Crippen LogP contribution in [-0.4, -0.2) is 64.8 Å². The van der Waals surface area contributed by atoms with Crippen LogP contribution in [0.3, 0.4) is 0 Å². The summed E-state index contributed by atoms with van der Waals surface area (Å²) in [6.07, 6.45) is 0. The van der Waals surface area contributed by atoms with Crippen LogP contribution in [0.1, 0.15) is 0 Å². The van der Waals surface area contributed by atoms with Crippen molar-refractivity contribution in [2.45, 2.75) is 5.16 Å². The molecule has 0 fully saturated rings. The Labute approximate surface area is 173 Å². The summed E-state index contributed by atoms with van der Waals surface area (Å²) in [5.74, 6) is 0.518. The third kappa shape index (κ3) is 4.51. The molecule has 1 amide bonds. The minimum atomic E-state index is -0.335. The first-order valence-corrected chi connectivity index (χ1v) is 9.82. The second kappa shape index (κ2) is 8.82. The minimum Gasteiger partial charge on any atom is -0.475 e. The zero-order chi connectivity index (χ0) is 20.9. The van der Waals surface area contributed by atoms with E-state index in [9.17, 15) is 9.18 Å². The molecule has 13 heteroatoms. The van der Waals surface area contributed by atoms with E-state index in [4.69, 9.17) is 4.74 Å². The summed E-state index contributed by atoms with van der Waals surface area (Å²) in [5, 5.41) is 26.8. The molecule has 30 heavy (non-hydrogen) atoms. The number of nitrogens with one attached hydrogen (secondary N) is 1. The topological polar surface area (TPSA) is 125 Å². The molecular formula is C17H16FN9O2S. The number of tetrazole rings is 1. The number of rotatable bonds is 8. The maximum atomic E-state index is 13.2. The molecule has 0 saturated carbocycles. The molecule has 4 rings (SSSR count). The normalized spacial score (nSPS) is 11.0. The Morgan fingerprint density at radius 1 is 1.17 bits per heavy atom. The standard InChI is InChI=1S/C17H16FN9O2S/c1-26-17(22-24-25-26)30-10-14(28)19-8-9-29-15-7-6-13-20-21-16(27(13)23-15)11-2-4-12(18)5-3-11/h2-7H,8-10H2,1H3,(H,19,28). The SMILES string of the molecule is Cn1nnnc1SCC(=O)NCCOc1ccc2nnc(-c3ccc(F)cc3)n2n1. The summed E-state index contributed by atoms with van der Waals surface area (Å²) in [5.41, 5.74) is 1.21. The fourth-order valence-electron chi connectivity index (χ4n) is 2.50. The van der Waals surface area contributed by atoms with Crippen LogP contribution in [0.5, 0.6) is 5.88 Å². The van der Waals surface area contributed by atoms with E-state index < -0.39 is 0 Å². The fourth-order valence-corrected chi connectivity index (χ4v) is 3.18. The van der Waals surface area contributed by atoms with Gasteiger partial charge in [-0.1, -0.05) is 11.8 Å². The summed E-state index contributed by atoms with van der Waals surface area (Å²) < 4.78 is 21.8. The molecule has 0 atom stereocenters. The average molecular weight is 429 g/mol. The van der Waals surface area contributed by atoms with Gasteiger partial charge in [0.15, 0.2) is 11.5 Å². The van der Waals surface area contributed by atoms with Crippen molar-refractivity contribution in [3.8, 4) is 17.3 Å². The Morgan fingerprint density at radius 2 is 2.00 bits per heavy atom. The molecule has 154 valence electrons. The predicted octanol–water partition coefficient (Wildman–Crippen LogP) is 0.741. The van der Waals surface area contributed by atoms with E-state index >= 15 is 0 Å². The van der Waals surface area contributed by atoms with Crippen LogP contribution in [0.2, 0.25) is 0 Å². The first-order valence-electron chi connectivity index (χ1n) is 8.83. The molecule has 0 spiro atoms. The molecule has 0 aliphatic heterocycles. The summed E-state index contributed by atoms with van der Waals surface area (Å²) in [7, 11) is 1.70. The number of fused-ring (bicyclic) bond motifs is 1. The number of nitrogens with zero attached hydrogens (tertiary/aromatic N) is 8. The molecule has 1 N–H and O–H groups in total. The van der Waals surface area contributed by atoms with Crippen LogP contribution < -0.4 is 10.1 Å². The summed E-state index contributed by atoms with van der Waals surface area (Å²) >= 11 is 1.24. The van der Waals surface area contributed by atoms with E-state index in [2.05, 4.69) is 36.1 Å². The summed E-state index contributed by atoms with van der Waals surface area (Å²) in [4.78, 5) is 11.9. The maximum Gasteiger partial charge on any atom is 0.231 e. The van der Waals surface area contributed by atoms with Crippen molar-refractivity contribution >= 4 is 23.3 Å². The predicted molar refractivity (Wildman–Crippen MR) is 104 cm³/mol. The zero-order valence-corrected chi connectivity index (χ0v) is 16.6. The van der Waals surface area contributed by atoms with Gasteiger partial charge in [-0.25, -0.2) is 9.07 Å². The Morgan fingerprint density at radius 3 is 2.77 bits per heavy atom. The van der Waals surface area contributed by atoms with Crippen LogP contribution in [0.25, 0.3) is 17.0 Å². The van der Waals surface area contributed by atoms with Crippen molar-refractivity contribution in [3.05, 3.63) is 42.2 Å². The molecule has 11 nitrogen and oxygen atoms in total. The van der Waals surface area contributed by atoms with E-state index in [-0.39, 0.29) is 24.1 Å². The molecule has 3 aromatic heterocycles. The molecule has 0 radical (unpaired) electrons. The van der Waals surface area contributed by atoms with E-state index in [1.54, 1.807) is 31.3 Å². The number of thioether (sulfide) groups is 1. The van der Waals surface area contributed by atoms with Gasteiger partial charge in [0.1, 0.15) is 12.4 Å². The Bertz CT molecular complexity index is 1160. The van der Waals surface area contributed by atoms with Crippen LogP contribution in [0.4, 0.5) is 4.39 Å². The number of aromatic nitrogens is 8. The second-order valence-electron chi connectivity index (χ2n) is 6.04. The van der Waals surface area contributed by atoms with Gasteiger partial charge in [0.2, 0.25) is 16.9 Å². The lowest BCUT2D eigenvalue weighted by molar-refractivity contribution is -0.118. The monoisotopic (exact) mass is 429 g/mol. The van der Waals surface area contributed by atoms with Gasteiger partial charge >= 0.3 is 0 Å². The van der Waals surface area contributed by atoms with Gasteiger partial charge in [-0.2, -0.15) is 4.52 Å². The molecule has 0 aliphatic carbocycles. The molecule has 0 unspecified atom stereocenters. The Kier molecular flexibility index (Phi) is 5.79. The number of halogens is 1. The smallest absolute Gasteiger partial charge is 0.231 e. The van der Waals surface area contributed by atoms with Crippen molar-refractivity contribution in [3.63, 3.8) is 0 Å². The number of amides is 1. The third-order valence-corrected chi connectivity index (χ3v) is 4.94. The highest BCUT2D eigenvalue weighted by molar-refractivity contribution is 7.99. The highest BCUT2D eigenvalue weighted by atomic mass is 32.2. The van der Waals surface area contributed by atoms with E-state index in [1.807, 2.05) is 0 Å². The number of carbonyl (C=O) groups is 1. The molecule has 0 bridgehead atoms. The fraction of sp³-hybridized carbons (Fsp3) is 0.235. The van der Waals surface area contributed by atoms with Crippen LogP contribution in [0, 0.1) is 5.82 Å². The van der Waals surface area contributed by atoms with Crippen LogP contribution >= 0.6 is 11.8 Å². The number of carbonyl (C=O) groups excluding carboxylic acids is 1. The lowest BCUT2D eigenvalue weighted by atomic mass is 10.2. The molecule has 0 saturated heterocycles. The van der Waals surface area contributed by atoms with Gasteiger partial charge in [-0.05, 0) is 40.8 Å². The molecule has 3 heterocycles. The number of hydrogen-bond donors (Lipinski definition) is 1. The van der Waals surface area contributed by atoms with Gasteiger partial charge < -0.3 is 10.1 Å². The van der Waals surface area contributed by atoms with E-state index in [0.29, 0.717) is 34.6 Å². The van der Waals surface area contributed by atoms with Gasteiger partial charge in [0.05, 0.1) is 12.3 Å². The van der Waals surface area contributed by atoms with Gasteiger partial charge in [-0.3, -0.25) is 4.79 Å². The summed E-state index contributed by atoms with van der Waals surface area (Å²) in [6.45, 7) is 0.539. The van der Waals surface area contributed by atoms with Crippen molar-refractivity contribution in [2.24, 2.45) is 7.05 Å². The van der Waals surface area contributed by atoms with Crippen LogP contribution in [0.15, 0.2) is 41.6 Å². The first-order chi connectivity index (χ1) is 14.6. The lowest BCUT2D eigenvalue weighted by Crippen LogP contribution is -2.29. The van der Waals surface area contributed by atoms with Crippen LogP contribution in [-0.2, 0) is 11.8 Å². The van der Waals surface area contributed by atoms with Gasteiger partial charge in [0.25, 0.3) is 0 Å². The van der Waals surface area contributed by atoms with Gasteiger partial charge in [0, 0.05) is 18.7 Å². The van der Waals surface area contributed by atoms with Crippen molar-refractivity contribution < 1.29 is 13.9 Å². The van der Waals surface area contributed by atoms with E-state index in [0.717, 1.165) is 0 Å². The quantitative estimate of drug-likeness (QED) is 0.319. The maximum absolute atomic E-state index is 13.2. The number of ether oxygens (including phenoxy) is 1. The highest BCUT2D eigenvalue weighted by Gasteiger charge is 2.11. The highest BCUT2D eigenvalue weighted by Crippen LogP contribution is 2.19. The largest absolute Gasteiger partial charge is 0.475 e. The third-order valence-electron chi connectivity index (χ3n) is 3.93. The second-order valence-corrected chi connectivity index (χ2v) is 6.99. The number of aryl methyl sites for hydroxylation is 1. The Balaban J connectivity index is 1.31. The van der Waals surface area contributed by atoms with Crippen molar-refractivity contribution in [2.75, 3.05) is 18.9 Å². The molecule has 0 aliphatic rings. The summed E-state index contributed by atoms with van der Waals surface area (Å²) in [6, 6.07) is 9.28.